The van der Waals surface area contributed by atoms with E-state index in [1.807, 2.05) is 32.9 Å². The van der Waals surface area contributed by atoms with Crippen LogP contribution in [0.3, 0.4) is 0 Å². The van der Waals surface area contributed by atoms with E-state index in [2.05, 4.69) is 17.2 Å². The molecule has 0 atom stereocenters. The van der Waals surface area contributed by atoms with Crippen molar-refractivity contribution in [3.63, 3.8) is 0 Å². The normalized spacial score (nSPS) is 15.2. The number of hydrogen-bond acceptors (Lipinski definition) is 2. The van der Waals surface area contributed by atoms with Gasteiger partial charge < -0.3 is 10.6 Å². The minimum Gasteiger partial charge on any atom is -0.352 e. The van der Waals surface area contributed by atoms with E-state index in [0.29, 0.717) is 19.4 Å². The molecule has 2 N–H and O–H groups in total. The average Bonchev–Trinajstić information content (AvgIpc) is 3.21. The van der Waals surface area contributed by atoms with Crippen molar-refractivity contribution in [3.8, 4) is 0 Å². The first-order valence-corrected chi connectivity index (χ1v) is 7.19. The van der Waals surface area contributed by atoms with Gasteiger partial charge in [0, 0.05) is 12.2 Å². The third-order valence-electron chi connectivity index (χ3n) is 3.94. The monoisotopic (exact) mass is 286 g/mol. The van der Waals surface area contributed by atoms with Crippen LogP contribution in [0, 0.1) is 26.2 Å². The van der Waals surface area contributed by atoms with Crippen LogP contribution in [0.1, 0.15) is 29.5 Å². The molecule has 1 aliphatic carbocycles. The maximum atomic E-state index is 12.5. The number of aryl methyl sites for hydroxylation is 3. The van der Waals surface area contributed by atoms with Gasteiger partial charge in [0.15, 0.2) is 0 Å². The lowest BCUT2D eigenvalue weighted by Gasteiger charge is -2.18. The summed E-state index contributed by atoms with van der Waals surface area (Å²) >= 11 is 0. The molecule has 1 fully saturated rings. The van der Waals surface area contributed by atoms with Gasteiger partial charge >= 0.3 is 0 Å². The highest BCUT2D eigenvalue weighted by atomic mass is 16.2. The molecule has 0 spiro atoms. The van der Waals surface area contributed by atoms with Crippen LogP contribution in [-0.2, 0) is 9.59 Å². The first kappa shape index (κ1) is 15.3. The molecule has 0 radical (unpaired) electrons. The molecule has 1 aliphatic rings. The molecule has 4 heteroatoms. The van der Waals surface area contributed by atoms with Crippen LogP contribution < -0.4 is 10.6 Å². The van der Waals surface area contributed by atoms with Crippen molar-refractivity contribution in [2.24, 2.45) is 5.41 Å². The van der Waals surface area contributed by atoms with Crippen molar-refractivity contribution in [2.75, 3.05) is 11.9 Å². The first-order chi connectivity index (χ1) is 9.90. The van der Waals surface area contributed by atoms with Crippen LogP contribution in [0.5, 0.6) is 0 Å². The van der Waals surface area contributed by atoms with E-state index in [0.717, 1.165) is 22.4 Å². The van der Waals surface area contributed by atoms with Crippen molar-refractivity contribution in [1.29, 1.82) is 0 Å². The van der Waals surface area contributed by atoms with Crippen LogP contribution in [0.2, 0.25) is 0 Å². The maximum Gasteiger partial charge on any atom is 0.240 e. The van der Waals surface area contributed by atoms with Crippen molar-refractivity contribution < 1.29 is 9.59 Å². The van der Waals surface area contributed by atoms with Gasteiger partial charge in [-0.3, -0.25) is 9.59 Å². The molecular formula is C17H22N2O2. The summed E-state index contributed by atoms with van der Waals surface area (Å²) in [5.74, 6) is -0.415. The van der Waals surface area contributed by atoms with E-state index in [1.54, 1.807) is 6.08 Å². The second kappa shape index (κ2) is 5.72. The molecule has 0 aliphatic heterocycles. The molecule has 0 heterocycles. The number of benzene rings is 1. The molecule has 21 heavy (non-hydrogen) atoms. The summed E-state index contributed by atoms with van der Waals surface area (Å²) in [7, 11) is 0. The summed E-state index contributed by atoms with van der Waals surface area (Å²) < 4.78 is 0. The molecule has 2 rings (SSSR count). The second-order valence-electron chi connectivity index (χ2n) is 5.81. The summed E-state index contributed by atoms with van der Waals surface area (Å²) in [5, 5.41) is 5.66. The molecule has 0 unspecified atom stereocenters. The van der Waals surface area contributed by atoms with E-state index in [1.165, 1.54) is 0 Å². The standard InChI is InChI=1S/C17H22N2O2/c1-5-8-18-15(20)17(6-7-17)16(21)19-14-12(3)9-11(2)10-13(14)4/h5,9-10H,1,6-8H2,2-4H3,(H,18,20)(H,19,21). The van der Waals surface area contributed by atoms with Gasteiger partial charge in [0.1, 0.15) is 5.41 Å². The van der Waals surface area contributed by atoms with E-state index in [-0.39, 0.29) is 11.8 Å². The topological polar surface area (TPSA) is 58.2 Å². The Hall–Kier alpha value is -2.10. The molecule has 1 saturated carbocycles. The zero-order valence-electron chi connectivity index (χ0n) is 12.9. The molecule has 0 bridgehead atoms. The van der Waals surface area contributed by atoms with Gasteiger partial charge in [-0.25, -0.2) is 0 Å². The lowest BCUT2D eigenvalue weighted by atomic mass is 10.0. The number of nitrogens with one attached hydrogen (secondary N) is 2. The summed E-state index contributed by atoms with van der Waals surface area (Å²) in [4.78, 5) is 24.6. The zero-order chi connectivity index (χ0) is 15.6. The first-order valence-electron chi connectivity index (χ1n) is 7.19. The average molecular weight is 286 g/mol. The summed E-state index contributed by atoms with van der Waals surface area (Å²) in [6.45, 7) is 9.90. The molecule has 0 aromatic heterocycles. The molecule has 112 valence electrons. The number of carbonyl (C=O) groups excluding carboxylic acids is 2. The van der Waals surface area contributed by atoms with Gasteiger partial charge in [-0.2, -0.15) is 0 Å². The number of rotatable bonds is 5. The maximum absolute atomic E-state index is 12.5. The van der Waals surface area contributed by atoms with Crippen molar-refractivity contribution in [2.45, 2.75) is 33.6 Å². The Morgan fingerprint density at radius 3 is 2.24 bits per heavy atom. The largest absolute Gasteiger partial charge is 0.352 e. The Bertz CT molecular complexity index is 578. The summed E-state index contributed by atoms with van der Waals surface area (Å²) in [5.41, 5.74) is 3.11. The van der Waals surface area contributed by atoms with E-state index >= 15 is 0 Å². The van der Waals surface area contributed by atoms with Crippen LogP contribution in [0.4, 0.5) is 5.69 Å². The van der Waals surface area contributed by atoms with Crippen LogP contribution >= 0.6 is 0 Å². The van der Waals surface area contributed by atoms with Crippen molar-refractivity contribution in [1.82, 2.24) is 5.32 Å². The fourth-order valence-corrected chi connectivity index (χ4v) is 2.63. The minimum atomic E-state index is -0.896. The summed E-state index contributed by atoms with van der Waals surface area (Å²) in [6.07, 6.45) is 2.82. The Kier molecular flexibility index (Phi) is 4.16. The number of amides is 2. The second-order valence-corrected chi connectivity index (χ2v) is 5.81. The number of hydrogen-bond donors (Lipinski definition) is 2. The van der Waals surface area contributed by atoms with Crippen LogP contribution in [0.15, 0.2) is 24.8 Å². The smallest absolute Gasteiger partial charge is 0.240 e. The van der Waals surface area contributed by atoms with E-state index in [4.69, 9.17) is 0 Å². The Morgan fingerprint density at radius 1 is 1.19 bits per heavy atom. The van der Waals surface area contributed by atoms with Gasteiger partial charge in [-0.1, -0.05) is 23.8 Å². The Morgan fingerprint density at radius 2 is 1.76 bits per heavy atom. The highest BCUT2D eigenvalue weighted by Gasteiger charge is 2.56. The van der Waals surface area contributed by atoms with Gasteiger partial charge in [-0.05, 0) is 44.7 Å². The van der Waals surface area contributed by atoms with Crippen molar-refractivity contribution in [3.05, 3.63) is 41.5 Å². The Balaban J connectivity index is 2.15. The van der Waals surface area contributed by atoms with Crippen LogP contribution in [0.25, 0.3) is 0 Å². The van der Waals surface area contributed by atoms with Gasteiger partial charge in [-0.15, -0.1) is 6.58 Å². The third kappa shape index (κ3) is 2.99. The summed E-state index contributed by atoms with van der Waals surface area (Å²) in [6, 6.07) is 4.06. The molecule has 1 aromatic rings. The third-order valence-corrected chi connectivity index (χ3v) is 3.94. The lowest BCUT2D eigenvalue weighted by molar-refractivity contribution is -0.134. The molecule has 1 aromatic carbocycles. The van der Waals surface area contributed by atoms with Crippen molar-refractivity contribution >= 4 is 17.5 Å². The van der Waals surface area contributed by atoms with Gasteiger partial charge in [0.05, 0.1) is 0 Å². The quantitative estimate of drug-likeness (QED) is 0.646. The predicted molar refractivity (Wildman–Crippen MR) is 84.2 cm³/mol. The van der Waals surface area contributed by atoms with E-state index in [9.17, 15) is 9.59 Å². The van der Waals surface area contributed by atoms with Crippen LogP contribution in [-0.4, -0.2) is 18.4 Å². The fraction of sp³-hybridized carbons (Fsp3) is 0.412. The fourth-order valence-electron chi connectivity index (χ4n) is 2.63. The predicted octanol–water partition coefficient (Wildman–Crippen LogP) is 2.63. The number of carbonyl (C=O) groups is 2. The number of anilines is 1. The molecule has 4 nitrogen and oxygen atoms in total. The zero-order valence-corrected chi connectivity index (χ0v) is 12.9. The minimum absolute atomic E-state index is 0.206. The van der Waals surface area contributed by atoms with Gasteiger partial charge in [0.25, 0.3) is 0 Å². The molecule has 2 amide bonds. The molecule has 0 saturated heterocycles. The highest BCUT2D eigenvalue weighted by Crippen LogP contribution is 2.47. The highest BCUT2D eigenvalue weighted by molar-refractivity contribution is 6.13. The Labute approximate surface area is 125 Å². The molecular weight excluding hydrogens is 264 g/mol. The van der Waals surface area contributed by atoms with E-state index < -0.39 is 5.41 Å². The van der Waals surface area contributed by atoms with Gasteiger partial charge in [0.2, 0.25) is 11.8 Å². The SMILES string of the molecule is C=CCNC(=O)C1(C(=O)Nc2c(C)cc(C)cc2C)CC1. The lowest BCUT2D eigenvalue weighted by Crippen LogP contribution is -2.40.